The third-order valence-electron chi connectivity index (χ3n) is 2.60. The van der Waals surface area contributed by atoms with E-state index in [1.807, 2.05) is 4.68 Å². The highest BCUT2D eigenvalue weighted by Crippen LogP contribution is 2.16. The number of pyridine rings is 1. The smallest absolute Gasteiger partial charge is 0.206 e. The Labute approximate surface area is 95.4 Å². The molecule has 0 saturated carbocycles. The van der Waals surface area contributed by atoms with Gasteiger partial charge in [-0.15, -0.1) is 0 Å². The van der Waals surface area contributed by atoms with Crippen molar-refractivity contribution in [3.8, 4) is 0 Å². The molecule has 0 radical (unpaired) electrons. The van der Waals surface area contributed by atoms with Gasteiger partial charge < -0.3 is 4.98 Å². The van der Waals surface area contributed by atoms with E-state index in [2.05, 4.69) is 39.9 Å². The highest BCUT2D eigenvalue weighted by atomic mass is 79.9. The van der Waals surface area contributed by atoms with Gasteiger partial charge in [-0.2, -0.15) is 5.10 Å². The summed E-state index contributed by atoms with van der Waals surface area (Å²) in [6.45, 7) is 4.17. The summed E-state index contributed by atoms with van der Waals surface area (Å²) in [5.74, 6) is 0. The van der Waals surface area contributed by atoms with Crippen LogP contribution in [-0.2, 0) is 0 Å². The fraction of sp³-hybridized carbons (Fsp3) is 0.400. The first kappa shape index (κ1) is 10.4. The molecule has 2 aromatic rings. The number of hydrogen-bond acceptors (Lipinski definition) is 2. The molecule has 1 unspecified atom stereocenters. The lowest BCUT2D eigenvalue weighted by molar-refractivity contribution is 0.490. The van der Waals surface area contributed by atoms with Crippen molar-refractivity contribution in [2.75, 3.05) is 0 Å². The van der Waals surface area contributed by atoms with Gasteiger partial charge >= 0.3 is 0 Å². The van der Waals surface area contributed by atoms with Crippen molar-refractivity contribution in [2.45, 2.75) is 26.3 Å². The Bertz CT molecular complexity index is 543. The molecule has 0 fully saturated rings. The second-order valence-corrected chi connectivity index (χ2v) is 4.43. The predicted octanol–water partition coefficient (Wildman–Crippen LogP) is 2.46. The molecule has 0 aliphatic heterocycles. The Morgan fingerprint density at radius 3 is 3.07 bits per heavy atom. The van der Waals surface area contributed by atoms with E-state index < -0.39 is 0 Å². The molecule has 1 N–H and O–H groups in total. The van der Waals surface area contributed by atoms with Crippen molar-refractivity contribution >= 4 is 27.0 Å². The van der Waals surface area contributed by atoms with Crippen molar-refractivity contribution in [1.82, 2.24) is 14.8 Å². The first-order valence-corrected chi connectivity index (χ1v) is 5.68. The van der Waals surface area contributed by atoms with Gasteiger partial charge in [0.05, 0.1) is 22.1 Å². The maximum absolute atomic E-state index is 11.7. The van der Waals surface area contributed by atoms with Crippen LogP contribution in [0.1, 0.15) is 26.3 Å². The van der Waals surface area contributed by atoms with Gasteiger partial charge in [0.25, 0.3) is 0 Å². The minimum Gasteiger partial charge on any atom is -0.345 e. The standard InChI is InChI=1S/C10H12BrN3O/c1-3-6(2)14-10-7(4-13-14)9(15)8(11)5-12-10/h4-6H,3H2,1-2H3,(H,12,15). The molecule has 1 atom stereocenters. The van der Waals surface area contributed by atoms with Crippen molar-refractivity contribution in [2.24, 2.45) is 0 Å². The van der Waals surface area contributed by atoms with E-state index in [1.165, 1.54) is 0 Å². The topological polar surface area (TPSA) is 50.7 Å². The van der Waals surface area contributed by atoms with Crippen LogP contribution in [0.3, 0.4) is 0 Å². The van der Waals surface area contributed by atoms with Crippen LogP contribution in [0.2, 0.25) is 0 Å². The molecule has 15 heavy (non-hydrogen) atoms. The van der Waals surface area contributed by atoms with Crippen LogP contribution in [0.5, 0.6) is 0 Å². The van der Waals surface area contributed by atoms with Crippen LogP contribution >= 0.6 is 15.9 Å². The number of nitrogens with one attached hydrogen (secondary N) is 1. The number of rotatable bonds is 2. The van der Waals surface area contributed by atoms with Gasteiger partial charge in [0.15, 0.2) is 0 Å². The van der Waals surface area contributed by atoms with Gasteiger partial charge in [-0.1, -0.05) is 6.92 Å². The number of hydrogen-bond donors (Lipinski definition) is 1. The molecule has 0 amide bonds. The molecule has 5 heteroatoms. The summed E-state index contributed by atoms with van der Waals surface area (Å²) in [4.78, 5) is 14.8. The highest BCUT2D eigenvalue weighted by molar-refractivity contribution is 9.10. The summed E-state index contributed by atoms with van der Waals surface area (Å²) < 4.78 is 2.39. The Morgan fingerprint density at radius 1 is 1.67 bits per heavy atom. The first-order chi connectivity index (χ1) is 7.15. The monoisotopic (exact) mass is 269 g/mol. The quantitative estimate of drug-likeness (QED) is 0.911. The number of fused-ring (bicyclic) bond motifs is 1. The molecule has 4 nitrogen and oxygen atoms in total. The van der Waals surface area contributed by atoms with Crippen LogP contribution in [0.25, 0.3) is 11.0 Å². The van der Waals surface area contributed by atoms with E-state index in [9.17, 15) is 4.79 Å². The number of halogens is 1. The second-order valence-electron chi connectivity index (χ2n) is 3.57. The zero-order chi connectivity index (χ0) is 11.0. The maximum atomic E-state index is 11.7. The van der Waals surface area contributed by atoms with Gasteiger partial charge in [0.2, 0.25) is 5.43 Å². The number of aromatic amines is 1. The third kappa shape index (κ3) is 1.61. The lowest BCUT2D eigenvalue weighted by Gasteiger charge is -2.09. The average Bonchev–Trinajstić information content (AvgIpc) is 2.66. The van der Waals surface area contributed by atoms with Gasteiger partial charge in [-0.3, -0.25) is 4.79 Å². The average molecular weight is 270 g/mol. The summed E-state index contributed by atoms with van der Waals surface area (Å²) in [5.41, 5.74) is 0.774. The molecular weight excluding hydrogens is 258 g/mol. The minimum atomic E-state index is -0.0155. The molecule has 2 rings (SSSR count). The lowest BCUT2D eigenvalue weighted by atomic mass is 10.2. The molecule has 0 bridgehead atoms. The van der Waals surface area contributed by atoms with E-state index >= 15 is 0 Å². The Kier molecular flexibility index (Phi) is 2.65. The summed E-state index contributed by atoms with van der Waals surface area (Å²) in [6, 6.07) is 0.291. The largest absolute Gasteiger partial charge is 0.345 e. The molecular formula is C10H12BrN3O. The predicted molar refractivity (Wildman–Crippen MR) is 63.1 cm³/mol. The van der Waals surface area contributed by atoms with Crippen LogP contribution < -0.4 is 5.43 Å². The molecule has 2 heterocycles. The minimum absolute atomic E-state index is 0.0155. The zero-order valence-corrected chi connectivity index (χ0v) is 10.2. The highest BCUT2D eigenvalue weighted by Gasteiger charge is 2.11. The van der Waals surface area contributed by atoms with Crippen molar-refractivity contribution < 1.29 is 0 Å². The van der Waals surface area contributed by atoms with Crippen molar-refractivity contribution in [3.63, 3.8) is 0 Å². The first-order valence-electron chi connectivity index (χ1n) is 4.89. The molecule has 0 spiro atoms. The maximum Gasteiger partial charge on any atom is 0.206 e. The van der Waals surface area contributed by atoms with Gasteiger partial charge in [0, 0.05) is 6.20 Å². The fourth-order valence-electron chi connectivity index (χ4n) is 1.51. The van der Waals surface area contributed by atoms with E-state index in [0.29, 0.717) is 15.9 Å². The summed E-state index contributed by atoms with van der Waals surface area (Å²) >= 11 is 3.20. The van der Waals surface area contributed by atoms with Gasteiger partial charge in [0.1, 0.15) is 5.65 Å². The Morgan fingerprint density at radius 2 is 2.40 bits per heavy atom. The SMILES string of the molecule is CCC(C)n1ncc2c(=O)c(Br)c[nH]c21. The van der Waals surface area contributed by atoms with E-state index in [-0.39, 0.29) is 5.43 Å². The van der Waals surface area contributed by atoms with Crippen molar-refractivity contribution in [3.05, 3.63) is 27.1 Å². The van der Waals surface area contributed by atoms with Gasteiger partial charge in [-0.25, -0.2) is 4.68 Å². The molecule has 0 aromatic carbocycles. The van der Waals surface area contributed by atoms with E-state index in [0.717, 1.165) is 12.1 Å². The van der Waals surface area contributed by atoms with Crippen LogP contribution in [0, 0.1) is 0 Å². The van der Waals surface area contributed by atoms with Crippen LogP contribution in [0.15, 0.2) is 21.7 Å². The van der Waals surface area contributed by atoms with E-state index in [4.69, 9.17) is 0 Å². The normalized spacial score (nSPS) is 13.3. The fourth-order valence-corrected chi connectivity index (χ4v) is 1.83. The summed E-state index contributed by atoms with van der Waals surface area (Å²) in [5, 5.41) is 4.86. The lowest BCUT2D eigenvalue weighted by Crippen LogP contribution is -2.08. The summed E-state index contributed by atoms with van der Waals surface area (Å²) in [7, 11) is 0. The molecule has 0 aliphatic rings. The number of nitrogens with zero attached hydrogens (tertiary/aromatic N) is 2. The molecule has 0 aliphatic carbocycles. The second kappa shape index (κ2) is 3.81. The van der Waals surface area contributed by atoms with E-state index in [1.54, 1.807) is 12.4 Å². The number of H-pyrrole nitrogens is 1. The van der Waals surface area contributed by atoms with Crippen LogP contribution in [0.4, 0.5) is 0 Å². The molecule has 80 valence electrons. The van der Waals surface area contributed by atoms with Gasteiger partial charge in [-0.05, 0) is 29.3 Å². The third-order valence-corrected chi connectivity index (χ3v) is 3.19. The van der Waals surface area contributed by atoms with Crippen LogP contribution in [-0.4, -0.2) is 14.8 Å². The Hall–Kier alpha value is -1.10. The molecule has 0 saturated heterocycles. The zero-order valence-electron chi connectivity index (χ0n) is 8.62. The number of aromatic nitrogens is 3. The molecule has 2 aromatic heterocycles. The van der Waals surface area contributed by atoms with Crippen molar-refractivity contribution in [1.29, 1.82) is 0 Å². The summed E-state index contributed by atoms with van der Waals surface area (Å²) in [6.07, 6.45) is 4.26. The Balaban J connectivity index is 2.72.